The van der Waals surface area contributed by atoms with Crippen molar-refractivity contribution in [3.05, 3.63) is 42.1 Å². The molecule has 2 aromatic rings. The fourth-order valence-corrected chi connectivity index (χ4v) is 3.31. The molecule has 1 aliphatic heterocycles. The molecule has 0 radical (unpaired) electrons. The van der Waals surface area contributed by atoms with E-state index in [1.807, 2.05) is 36.4 Å². The third kappa shape index (κ3) is 3.81. The minimum absolute atomic E-state index is 0.0895. The van der Waals surface area contributed by atoms with Gasteiger partial charge in [0.2, 0.25) is 0 Å². The lowest BCUT2D eigenvalue weighted by molar-refractivity contribution is 0.0946. The van der Waals surface area contributed by atoms with Crippen LogP contribution < -0.4 is 10.2 Å². The summed E-state index contributed by atoms with van der Waals surface area (Å²) in [5.74, 6) is 2.04. The van der Waals surface area contributed by atoms with E-state index < -0.39 is 0 Å². The SMILES string of the molecule is CC1CCCN(c2cc(C(=O)NC3CC3)nc(-c3ccccc3)n2)C1. The Labute approximate surface area is 148 Å². The number of piperidine rings is 1. The Kier molecular flexibility index (Phi) is 4.38. The largest absolute Gasteiger partial charge is 0.356 e. The number of amides is 1. The summed E-state index contributed by atoms with van der Waals surface area (Å²) in [4.78, 5) is 24.2. The number of carbonyl (C=O) groups is 1. The summed E-state index contributed by atoms with van der Waals surface area (Å²) in [6.45, 7) is 4.24. The van der Waals surface area contributed by atoms with E-state index in [-0.39, 0.29) is 5.91 Å². The summed E-state index contributed by atoms with van der Waals surface area (Å²) in [6, 6.07) is 12.1. The van der Waals surface area contributed by atoms with Crippen LogP contribution in [0.25, 0.3) is 11.4 Å². The molecule has 1 aromatic heterocycles. The zero-order chi connectivity index (χ0) is 17.2. The van der Waals surface area contributed by atoms with Gasteiger partial charge in [-0.15, -0.1) is 0 Å². The van der Waals surface area contributed by atoms with Gasteiger partial charge in [0, 0.05) is 30.8 Å². The maximum Gasteiger partial charge on any atom is 0.270 e. The van der Waals surface area contributed by atoms with Crippen LogP contribution in [0.15, 0.2) is 36.4 Å². The summed E-state index contributed by atoms with van der Waals surface area (Å²) in [6.07, 6.45) is 4.55. The molecule has 4 rings (SSSR count). The highest BCUT2D eigenvalue weighted by Crippen LogP contribution is 2.25. The second-order valence-corrected chi connectivity index (χ2v) is 7.24. The molecule has 5 nitrogen and oxygen atoms in total. The van der Waals surface area contributed by atoms with E-state index in [1.165, 1.54) is 6.42 Å². The monoisotopic (exact) mass is 336 g/mol. The molecule has 1 saturated heterocycles. The topological polar surface area (TPSA) is 58.1 Å². The Morgan fingerprint density at radius 3 is 2.68 bits per heavy atom. The lowest BCUT2D eigenvalue weighted by Gasteiger charge is -2.32. The number of anilines is 1. The van der Waals surface area contributed by atoms with Crippen molar-refractivity contribution in [2.75, 3.05) is 18.0 Å². The maximum absolute atomic E-state index is 12.6. The van der Waals surface area contributed by atoms with Crippen molar-refractivity contribution in [2.45, 2.75) is 38.6 Å². The quantitative estimate of drug-likeness (QED) is 0.931. The van der Waals surface area contributed by atoms with Crippen LogP contribution in [0.5, 0.6) is 0 Å². The number of hydrogen-bond acceptors (Lipinski definition) is 4. The van der Waals surface area contributed by atoms with Gasteiger partial charge in [-0.1, -0.05) is 37.3 Å². The van der Waals surface area contributed by atoms with Crippen LogP contribution in [-0.4, -0.2) is 35.0 Å². The third-order valence-electron chi connectivity index (χ3n) is 4.87. The second-order valence-electron chi connectivity index (χ2n) is 7.24. The Morgan fingerprint density at radius 2 is 1.96 bits per heavy atom. The normalized spacial score (nSPS) is 20.4. The van der Waals surface area contributed by atoms with Gasteiger partial charge in [-0.3, -0.25) is 4.79 Å². The zero-order valence-electron chi connectivity index (χ0n) is 14.6. The van der Waals surface area contributed by atoms with Gasteiger partial charge in [-0.05, 0) is 31.6 Å². The van der Waals surface area contributed by atoms with Crippen molar-refractivity contribution < 1.29 is 4.79 Å². The summed E-state index contributed by atoms with van der Waals surface area (Å²) in [7, 11) is 0. The molecule has 5 heteroatoms. The number of hydrogen-bond donors (Lipinski definition) is 1. The molecular weight excluding hydrogens is 312 g/mol. The van der Waals surface area contributed by atoms with Crippen LogP contribution in [0.1, 0.15) is 43.1 Å². The highest BCUT2D eigenvalue weighted by Gasteiger charge is 2.26. The molecule has 1 atom stereocenters. The van der Waals surface area contributed by atoms with Gasteiger partial charge in [0.15, 0.2) is 5.82 Å². The number of nitrogens with zero attached hydrogens (tertiary/aromatic N) is 3. The van der Waals surface area contributed by atoms with Crippen molar-refractivity contribution in [1.29, 1.82) is 0 Å². The zero-order valence-corrected chi connectivity index (χ0v) is 14.6. The van der Waals surface area contributed by atoms with Crippen LogP contribution in [-0.2, 0) is 0 Å². The molecule has 0 bridgehead atoms. The van der Waals surface area contributed by atoms with Gasteiger partial charge in [0.25, 0.3) is 5.91 Å². The van der Waals surface area contributed by atoms with Crippen molar-refractivity contribution in [2.24, 2.45) is 5.92 Å². The van der Waals surface area contributed by atoms with Crippen molar-refractivity contribution >= 4 is 11.7 Å². The van der Waals surface area contributed by atoms with E-state index in [1.54, 1.807) is 0 Å². The van der Waals surface area contributed by atoms with E-state index in [4.69, 9.17) is 4.98 Å². The van der Waals surface area contributed by atoms with Gasteiger partial charge >= 0.3 is 0 Å². The molecule has 25 heavy (non-hydrogen) atoms. The average Bonchev–Trinajstić information content (AvgIpc) is 3.46. The highest BCUT2D eigenvalue weighted by molar-refractivity contribution is 5.93. The molecule has 1 aliphatic carbocycles. The van der Waals surface area contributed by atoms with Gasteiger partial charge in [0.1, 0.15) is 11.5 Å². The molecule has 1 amide bonds. The van der Waals surface area contributed by atoms with Crippen molar-refractivity contribution in [3.63, 3.8) is 0 Å². The average molecular weight is 336 g/mol. The molecule has 130 valence electrons. The van der Waals surface area contributed by atoms with Gasteiger partial charge in [-0.25, -0.2) is 9.97 Å². The molecule has 1 N–H and O–H groups in total. The van der Waals surface area contributed by atoms with Crippen LogP contribution in [0.3, 0.4) is 0 Å². The number of nitrogens with one attached hydrogen (secondary N) is 1. The first-order valence-corrected chi connectivity index (χ1v) is 9.19. The van der Waals surface area contributed by atoms with Gasteiger partial charge in [-0.2, -0.15) is 0 Å². The predicted molar refractivity (Wildman–Crippen MR) is 98.6 cm³/mol. The predicted octanol–water partition coefficient (Wildman–Crippen LogP) is 3.27. The smallest absolute Gasteiger partial charge is 0.270 e. The highest BCUT2D eigenvalue weighted by atomic mass is 16.2. The molecule has 1 saturated carbocycles. The summed E-state index contributed by atoms with van der Waals surface area (Å²) in [5, 5.41) is 3.04. The van der Waals surface area contributed by atoms with E-state index in [0.717, 1.165) is 43.7 Å². The van der Waals surface area contributed by atoms with Crippen LogP contribution in [0, 0.1) is 5.92 Å². The first-order valence-electron chi connectivity index (χ1n) is 9.19. The molecule has 0 spiro atoms. The minimum Gasteiger partial charge on any atom is -0.356 e. The van der Waals surface area contributed by atoms with E-state index in [2.05, 4.69) is 22.1 Å². The Hall–Kier alpha value is -2.43. The van der Waals surface area contributed by atoms with Crippen molar-refractivity contribution in [3.8, 4) is 11.4 Å². The standard InChI is InChI=1S/C20H24N4O/c1-14-6-5-11-24(13-14)18-12-17(20(25)21-16-9-10-16)22-19(23-18)15-7-3-2-4-8-15/h2-4,7-8,12,14,16H,5-6,9-11,13H2,1H3,(H,21,25). The van der Waals surface area contributed by atoms with E-state index >= 15 is 0 Å². The molecular formula is C20H24N4O. The molecule has 2 fully saturated rings. The minimum atomic E-state index is -0.0895. The number of aromatic nitrogens is 2. The van der Waals surface area contributed by atoms with Crippen LogP contribution >= 0.6 is 0 Å². The Morgan fingerprint density at radius 1 is 1.16 bits per heavy atom. The molecule has 1 aromatic carbocycles. The van der Waals surface area contributed by atoms with E-state index in [0.29, 0.717) is 23.5 Å². The lowest BCUT2D eigenvalue weighted by atomic mass is 10.0. The summed E-state index contributed by atoms with van der Waals surface area (Å²) < 4.78 is 0. The van der Waals surface area contributed by atoms with Gasteiger partial charge < -0.3 is 10.2 Å². The Balaban J connectivity index is 1.70. The first-order chi connectivity index (χ1) is 12.2. The fraction of sp³-hybridized carbons (Fsp3) is 0.450. The third-order valence-corrected chi connectivity index (χ3v) is 4.87. The molecule has 2 aliphatic rings. The Bertz CT molecular complexity index is 758. The molecule has 2 heterocycles. The maximum atomic E-state index is 12.6. The number of carbonyl (C=O) groups excluding carboxylic acids is 1. The number of rotatable bonds is 4. The van der Waals surface area contributed by atoms with Crippen molar-refractivity contribution in [1.82, 2.24) is 15.3 Å². The summed E-state index contributed by atoms with van der Waals surface area (Å²) >= 11 is 0. The summed E-state index contributed by atoms with van der Waals surface area (Å²) in [5.41, 5.74) is 1.41. The van der Waals surface area contributed by atoms with Gasteiger partial charge in [0.05, 0.1) is 0 Å². The fourth-order valence-electron chi connectivity index (χ4n) is 3.31. The van der Waals surface area contributed by atoms with Crippen LogP contribution in [0.2, 0.25) is 0 Å². The van der Waals surface area contributed by atoms with E-state index in [9.17, 15) is 4.79 Å². The second kappa shape index (κ2) is 6.82. The number of benzene rings is 1. The molecule has 1 unspecified atom stereocenters. The van der Waals surface area contributed by atoms with Crippen LogP contribution in [0.4, 0.5) is 5.82 Å². The first kappa shape index (κ1) is 16.1. The lowest BCUT2D eigenvalue weighted by Crippen LogP contribution is -2.35.